The van der Waals surface area contributed by atoms with E-state index in [1.165, 1.54) is 22.8 Å². The lowest BCUT2D eigenvalue weighted by Gasteiger charge is -2.30. The van der Waals surface area contributed by atoms with Crippen LogP contribution in [0.25, 0.3) is 16.6 Å². The Balaban J connectivity index is 1.61. The topological polar surface area (TPSA) is 98.3 Å². The molecule has 0 aliphatic carbocycles. The number of nitrogens with two attached hydrogens (primary N) is 1. The summed E-state index contributed by atoms with van der Waals surface area (Å²) < 4.78 is 15.2. The summed E-state index contributed by atoms with van der Waals surface area (Å²) in [5.41, 5.74) is 5.89. The Morgan fingerprint density at radius 2 is 1.87 bits per heavy atom. The minimum absolute atomic E-state index is 0.0708. The molecular formula is C22H21FN4O3S. The molecule has 0 saturated carbocycles. The Labute approximate surface area is 182 Å². The van der Waals surface area contributed by atoms with E-state index in [0.717, 1.165) is 11.8 Å². The van der Waals surface area contributed by atoms with Crippen LogP contribution in [0.3, 0.4) is 0 Å². The number of para-hydroxylation sites is 1. The number of likely N-dealkylation sites (tertiary alicyclic amines) is 1. The van der Waals surface area contributed by atoms with E-state index in [2.05, 4.69) is 4.98 Å². The highest BCUT2D eigenvalue weighted by Gasteiger charge is 2.26. The quantitative estimate of drug-likeness (QED) is 0.485. The normalized spacial score (nSPS) is 14.7. The van der Waals surface area contributed by atoms with Gasteiger partial charge in [-0.15, -0.1) is 0 Å². The molecule has 1 aliphatic rings. The van der Waals surface area contributed by atoms with Crippen molar-refractivity contribution < 1.29 is 14.0 Å². The van der Waals surface area contributed by atoms with Gasteiger partial charge in [0.2, 0.25) is 11.8 Å². The van der Waals surface area contributed by atoms with Gasteiger partial charge in [0.15, 0.2) is 5.16 Å². The van der Waals surface area contributed by atoms with E-state index >= 15 is 0 Å². The van der Waals surface area contributed by atoms with Gasteiger partial charge in [-0.3, -0.25) is 19.0 Å². The predicted molar refractivity (Wildman–Crippen MR) is 117 cm³/mol. The minimum atomic E-state index is -0.470. The molecule has 7 nitrogen and oxygen atoms in total. The number of aromatic nitrogens is 2. The van der Waals surface area contributed by atoms with Gasteiger partial charge in [0, 0.05) is 19.0 Å². The van der Waals surface area contributed by atoms with E-state index < -0.39 is 5.82 Å². The molecule has 4 rings (SSSR count). The molecule has 0 radical (unpaired) electrons. The zero-order chi connectivity index (χ0) is 22.0. The number of piperidine rings is 1. The van der Waals surface area contributed by atoms with Gasteiger partial charge in [0.05, 0.1) is 22.3 Å². The van der Waals surface area contributed by atoms with E-state index in [1.807, 2.05) is 0 Å². The van der Waals surface area contributed by atoms with Crippen LogP contribution in [0.1, 0.15) is 12.8 Å². The molecule has 0 spiro atoms. The molecule has 1 aliphatic heterocycles. The monoisotopic (exact) mass is 440 g/mol. The largest absolute Gasteiger partial charge is 0.369 e. The fourth-order valence-electron chi connectivity index (χ4n) is 3.68. The second kappa shape index (κ2) is 8.89. The van der Waals surface area contributed by atoms with Crippen molar-refractivity contribution in [1.29, 1.82) is 0 Å². The SMILES string of the molecule is NC(=O)C1CCN(C(=O)CSc2nc3ccccc3c(=O)n2-c2cccc(F)c2)CC1. The summed E-state index contributed by atoms with van der Waals surface area (Å²) in [6, 6.07) is 12.6. The number of fused-ring (bicyclic) bond motifs is 1. The number of rotatable bonds is 5. The predicted octanol–water partition coefficient (Wildman–Crippen LogP) is 2.34. The highest BCUT2D eigenvalue weighted by atomic mass is 32.2. The number of nitrogens with zero attached hydrogens (tertiary/aromatic N) is 3. The van der Waals surface area contributed by atoms with Crippen molar-refractivity contribution in [2.75, 3.05) is 18.8 Å². The van der Waals surface area contributed by atoms with Gasteiger partial charge in [-0.1, -0.05) is 30.0 Å². The number of benzene rings is 2. The van der Waals surface area contributed by atoms with Crippen molar-refractivity contribution in [2.45, 2.75) is 18.0 Å². The van der Waals surface area contributed by atoms with Gasteiger partial charge in [0.1, 0.15) is 5.82 Å². The summed E-state index contributed by atoms with van der Waals surface area (Å²) in [6.45, 7) is 0.934. The summed E-state index contributed by atoms with van der Waals surface area (Å²) >= 11 is 1.13. The van der Waals surface area contributed by atoms with Crippen LogP contribution in [0.2, 0.25) is 0 Å². The van der Waals surface area contributed by atoms with E-state index in [9.17, 15) is 18.8 Å². The van der Waals surface area contributed by atoms with Gasteiger partial charge in [-0.2, -0.15) is 0 Å². The summed E-state index contributed by atoms with van der Waals surface area (Å²) in [5.74, 6) is -1.04. The number of hydrogen-bond donors (Lipinski definition) is 1. The van der Waals surface area contributed by atoms with Gasteiger partial charge in [0.25, 0.3) is 5.56 Å². The lowest BCUT2D eigenvalue weighted by molar-refractivity contribution is -0.132. The molecule has 0 atom stereocenters. The van der Waals surface area contributed by atoms with Crippen molar-refractivity contribution in [3.05, 3.63) is 64.7 Å². The van der Waals surface area contributed by atoms with Crippen LogP contribution in [0, 0.1) is 11.7 Å². The van der Waals surface area contributed by atoms with Crippen LogP contribution in [0.4, 0.5) is 4.39 Å². The average Bonchev–Trinajstić information content (AvgIpc) is 2.77. The molecule has 0 unspecified atom stereocenters. The molecule has 1 saturated heterocycles. The Hall–Kier alpha value is -3.20. The van der Waals surface area contributed by atoms with Crippen molar-refractivity contribution >= 4 is 34.5 Å². The third kappa shape index (κ3) is 4.46. The Kier molecular flexibility index (Phi) is 6.03. The van der Waals surface area contributed by atoms with Crippen molar-refractivity contribution in [1.82, 2.24) is 14.5 Å². The minimum Gasteiger partial charge on any atom is -0.369 e. The maximum Gasteiger partial charge on any atom is 0.266 e. The summed E-state index contributed by atoms with van der Waals surface area (Å²) in [7, 11) is 0. The first-order valence-electron chi connectivity index (χ1n) is 9.91. The van der Waals surface area contributed by atoms with Gasteiger partial charge in [-0.05, 0) is 43.2 Å². The number of carbonyl (C=O) groups excluding carboxylic acids is 2. The summed E-state index contributed by atoms with van der Waals surface area (Å²) in [4.78, 5) is 43.5. The molecule has 31 heavy (non-hydrogen) atoms. The number of primary amides is 1. The second-order valence-electron chi connectivity index (χ2n) is 7.38. The van der Waals surface area contributed by atoms with Gasteiger partial charge in [-0.25, -0.2) is 9.37 Å². The second-order valence-corrected chi connectivity index (χ2v) is 8.32. The highest BCUT2D eigenvalue weighted by Crippen LogP contribution is 2.23. The first-order valence-corrected chi connectivity index (χ1v) is 10.9. The van der Waals surface area contributed by atoms with Crippen LogP contribution in [-0.4, -0.2) is 45.1 Å². The zero-order valence-corrected chi connectivity index (χ0v) is 17.5. The fourth-order valence-corrected chi connectivity index (χ4v) is 4.60. The molecule has 160 valence electrons. The smallest absolute Gasteiger partial charge is 0.266 e. The Morgan fingerprint density at radius 1 is 1.13 bits per heavy atom. The van der Waals surface area contributed by atoms with Crippen LogP contribution >= 0.6 is 11.8 Å². The Morgan fingerprint density at radius 3 is 2.58 bits per heavy atom. The first-order chi connectivity index (χ1) is 14.9. The summed E-state index contributed by atoms with van der Waals surface area (Å²) in [6.07, 6.45) is 1.10. The third-order valence-corrected chi connectivity index (χ3v) is 6.31. The maximum atomic E-state index is 13.8. The van der Waals surface area contributed by atoms with E-state index in [-0.39, 0.29) is 29.0 Å². The zero-order valence-electron chi connectivity index (χ0n) is 16.7. The molecule has 1 fully saturated rings. The number of thioether (sulfide) groups is 1. The first kappa shape index (κ1) is 21.0. The molecule has 1 aromatic heterocycles. The number of hydrogen-bond acceptors (Lipinski definition) is 5. The van der Waals surface area contributed by atoms with E-state index in [4.69, 9.17) is 5.73 Å². The highest BCUT2D eigenvalue weighted by molar-refractivity contribution is 7.99. The lowest BCUT2D eigenvalue weighted by Crippen LogP contribution is -2.42. The summed E-state index contributed by atoms with van der Waals surface area (Å²) in [5, 5.41) is 0.727. The van der Waals surface area contributed by atoms with Crippen molar-refractivity contribution in [3.8, 4) is 5.69 Å². The molecule has 2 N–H and O–H groups in total. The standard InChI is InChI=1S/C22H21FN4O3S/c23-15-4-3-5-16(12-15)27-21(30)17-6-1-2-7-18(17)25-22(27)31-13-19(28)26-10-8-14(9-11-26)20(24)29/h1-7,12,14H,8-11,13H2,(H2,24,29). The molecule has 0 bridgehead atoms. The average molecular weight is 441 g/mol. The third-order valence-electron chi connectivity index (χ3n) is 5.39. The van der Waals surface area contributed by atoms with E-state index in [1.54, 1.807) is 35.2 Å². The van der Waals surface area contributed by atoms with Crippen molar-refractivity contribution in [2.24, 2.45) is 11.7 Å². The molecule has 3 aromatic rings. The number of amides is 2. The fraction of sp³-hybridized carbons (Fsp3) is 0.273. The van der Waals surface area contributed by atoms with Gasteiger partial charge >= 0.3 is 0 Å². The van der Waals surface area contributed by atoms with Crippen LogP contribution in [0.15, 0.2) is 58.5 Å². The molecule has 2 heterocycles. The van der Waals surface area contributed by atoms with Crippen LogP contribution < -0.4 is 11.3 Å². The van der Waals surface area contributed by atoms with Gasteiger partial charge < -0.3 is 10.6 Å². The van der Waals surface area contributed by atoms with E-state index in [0.29, 0.717) is 47.7 Å². The van der Waals surface area contributed by atoms with Crippen LogP contribution in [0.5, 0.6) is 0 Å². The Bertz CT molecular complexity index is 1200. The van der Waals surface area contributed by atoms with Crippen LogP contribution in [-0.2, 0) is 9.59 Å². The number of carbonyl (C=O) groups is 2. The molecular weight excluding hydrogens is 419 g/mol. The maximum absolute atomic E-state index is 13.8. The molecule has 2 aromatic carbocycles. The van der Waals surface area contributed by atoms with Crippen molar-refractivity contribution in [3.63, 3.8) is 0 Å². The molecule has 9 heteroatoms. The molecule has 2 amide bonds. The lowest BCUT2D eigenvalue weighted by atomic mass is 9.96. The number of halogens is 1.